The molecular formula is C23H27FN4. The van der Waals surface area contributed by atoms with Gasteiger partial charge in [-0.25, -0.2) is 14.4 Å². The molecule has 0 aliphatic carbocycles. The molecule has 0 saturated heterocycles. The van der Waals surface area contributed by atoms with E-state index in [9.17, 15) is 4.39 Å². The second kappa shape index (κ2) is 7.04. The molecule has 0 aliphatic heterocycles. The minimum absolute atomic E-state index is 0.0680. The lowest BCUT2D eigenvalue weighted by Gasteiger charge is -2.17. The van der Waals surface area contributed by atoms with Crippen molar-refractivity contribution in [1.29, 1.82) is 0 Å². The number of hydrogen-bond donors (Lipinski definition) is 0. The maximum absolute atomic E-state index is 13.8. The molecule has 1 atom stereocenters. The van der Waals surface area contributed by atoms with Crippen molar-refractivity contribution in [2.45, 2.75) is 46.0 Å². The maximum atomic E-state index is 13.8. The summed E-state index contributed by atoms with van der Waals surface area (Å²) in [6.07, 6.45) is 3.16. The van der Waals surface area contributed by atoms with Crippen LogP contribution in [0.25, 0.3) is 22.1 Å². The fourth-order valence-electron chi connectivity index (χ4n) is 4.05. The summed E-state index contributed by atoms with van der Waals surface area (Å²) in [5, 5.41) is 0. The minimum Gasteiger partial charge on any atom is -0.330 e. The summed E-state index contributed by atoms with van der Waals surface area (Å²) in [5.41, 5.74) is 6.33. The molecule has 2 heterocycles. The van der Waals surface area contributed by atoms with Crippen LogP contribution >= 0.6 is 0 Å². The van der Waals surface area contributed by atoms with Gasteiger partial charge in [-0.15, -0.1) is 0 Å². The molecule has 5 heteroatoms. The van der Waals surface area contributed by atoms with Gasteiger partial charge in [0.05, 0.1) is 28.0 Å². The van der Waals surface area contributed by atoms with Gasteiger partial charge in [0.2, 0.25) is 0 Å². The number of halogens is 1. The fraction of sp³-hybridized carbons (Fsp3) is 0.391. The second-order valence-corrected chi connectivity index (χ2v) is 7.81. The molecule has 0 N–H and O–H groups in total. The summed E-state index contributed by atoms with van der Waals surface area (Å²) < 4.78 is 18.0. The van der Waals surface area contributed by atoms with Gasteiger partial charge in [0.15, 0.2) is 0 Å². The van der Waals surface area contributed by atoms with E-state index >= 15 is 0 Å². The van der Waals surface area contributed by atoms with Crippen molar-refractivity contribution >= 4 is 22.1 Å². The molecule has 4 nitrogen and oxygen atoms in total. The second-order valence-electron chi connectivity index (χ2n) is 7.81. The fourth-order valence-corrected chi connectivity index (χ4v) is 4.05. The Labute approximate surface area is 165 Å². The number of fused-ring (bicyclic) bond motifs is 2. The summed E-state index contributed by atoms with van der Waals surface area (Å²) in [4.78, 5) is 9.88. The minimum atomic E-state index is -0.235. The van der Waals surface area contributed by atoms with Gasteiger partial charge in [-0.05, 0) is 61.7 Å². The van der Waals surface area contributed by atoms with Crippen LogP contribution < -0.4 is 0 Å². The lowest BCUT2D eigenvalue weighted by atomic mass is 10.00. The zero-order valence-electron chi connectivity index (χ0n) is 17.3. The van der Waals surface area contributed by atoms with Gasteiger partial charge in [-0.2, -0.15) is 0 Å². The number of nitrogens with zero attached hydrogens (tertiary/aromatic N) is 4. The summed E-state index contributed by atoms with van der Waals surface area (Å²) in [6.45, 7) is 6.46. The molecule has 0 aliphatic rings. The van der Waals surface area contributed by atoms with Crippen molar-refractivity contribution in [3.05, 3.63) is 58.9 Å². The van der Waals surface area contributed by atoms with Crippen LogP contribution in [0.1, 0.15) is 54.9 Å². The van der Waals surface area contributed by atoms with Crippen molar-refractivity contribution in [2.24, 2.45) is 14.1 Å². The lowest BCUT2D eigenvalue weighted by Crippen LogP contribution is -2.13. The Kier molecular flexibility index (Phi) is 4.69. The van der Waals surface area contributed by atoms with Crippen LogP contribution in [0.2, 0.25) is 0 Å². The van der Waals surface area contributed by atoms with Crippen LogP contribution in [0.15, 0.2) is 30.3 Å². The molecule has 4 aromatic rings. The number of unbranched alkanes of at least 4 members (excludes halogenated alkanes) is 1. The molecule has 146 valence electrons. The van der Waals surface area contributed by atoms with Gasteiger partial charge in [0.1, 0.15) is 17.5 Å². The Hall–Kier alpha value is -2.69. The normalized spacial score (nSPS) is 12.9. The highest BCUT2D eigenvalue weighted by Crippen LogP contribution is 2.33. The SMILES string of the molecule is CCCCC(c1nc2ccc(F)cc2n1C)c1nc2cc(C)c(C)cc2n1C. The van der Waals surface area contributed by atoms with Crippen molar-refractivity contribution in [2.75, 3.05) is 0 Å². The van der Waals surface area contributed by atoms with Crippen LogP contribution in [0.3, 0.4) is 0 Å². The smallest absolute Gasteiger partial charge is 0.125 e. The van der Waals surface area contributed by atoms with E-state index in [0.717, 1.165) is 53.0 Å². The number of benzene rings is 2. The molecule has 0 amide bonds. The van der Waals surface area contributed by atoms with Crippen LogP contribution in [0.5, 0.6) is 0 Å². The summed E-state index contributed by atoms with van der Waals surface area (Å²) >= 11 is 0. The van der Waals surface area contributed by atoms with Crippen LogP contribution in [-0.2, 0) is 14.1 Å². The van der Waals surface area contributed by atoms with E-state index in [2.05, 4.69) is 44.5 Å². The first-order chi connectivity index (χ1) is 13.4. The van der Waals surface area contributed by atoms with Gasteiger partial charge >= 0.3 is 0 Å². The van der Waals surface area contributed by atoms with Gasteiger partial charge in [0, 0.05) is 14.1 Å². The monoisotopic (exact) mass is 378 g/mol. The van der Waals surface area contributed by atoms with E-state index in [1.807, 2.05) is 11.6 Å². The van der Waals surface area contributed by atoms with E-state index in [1.165, 1.54) is 17.2 Å². The molecular weight excluding hydrogens is 351 g/mol. The Morgan fingerprint density at radius 2 is 1.50 bits per heavy atom. The molecule has 0 saturated carbocycles. The molecule has 2 aromatic carbocycles. The number of imidazole rings is 2. The third kappa shape index (κ3) is 2.99. The molecule has 4 rings (SSSR count). The highest BCUT2D eigenvalue weighted by Gasteiger charge is 2.25. The maximum Gasteiger partial charge on any atom is 0.125 e. The number of rotatable bonds is 5. The zero-order valence-corrected chi connectivity index (χ0v) is 17.3. The van der Waals surface area contributed by atoms with E-state index < -0.39 is 0 Å². The number of hydrogen-bond acceptors (Lipinski definition) is 2. The van der Waals surface area contributed by atoms with Crippen LogP contribution in [0.4, 0.5) is 4.39 Å². The highest BCUT2D eigenvalue weighted by atomic mass is 19.1. The van der Waals surface area contributed by atoms with Crippen molar-refractivity contribution in [1.82, 2.24) is 19.1 Å². The average molecular weight is 378 g/mol. The first-order valence-electron chi connectivity index (χ1n) is 9.96. The number of aryl methyl sites for hydroxylation is 4. The molecule has 1 unspecified atom stereocenters. The Balaban J connectivity index is 1.91. The third-order valence-corrected chi connectivity index (χ3v) is 5.88. The Morgan fingerprint density at radius 3 is 2.18 bits per heavy atom. The highest BCUT2D eigenvalue weighted by molar-refractivity contribution is 5.79. The Bertz CT molecular complexity index is 1170. The van der Waals surface area contributed by atoms with Gasteiger partial charge in [-0.1, -0.05) is 19.8 Å². The first kappa shape index (κ1) is 18.7. The van der Waals surface area contributed by atoms with E-state index in [4.69, 9.17) is 9.97 Å². The number of aromatic nitrogens is 4. The van der Waals surface area contributed by atoms with Gasteiger partial charge in [0.25, 0.3) is 0 Å². The third-order valence-electron chi connectivity index (χ3n) is 5.88. The first-order valence-corrected chi connectivity index (χ1v) is 9.96. The zero-order chi connectivity index (χ0) is 20.0. The van der Waals surface area contributed by atoms with Crippen molar-refractivity contribution in [3.8, 4) is 0 Å². The molecule has 0 fully saturated rings. The van der Waals surface area contributed by atoms with Crippen molar-refractivity contribution < 1.29 is 4.39 Å². The standard InChI is InChI=1S/C23H27FN4/c1-6-7-8-17(22-25-18-10-9-16(24)13-21(18)28(22)5)23-26-19-11-14(2)15(3)12-20(19)27(23)4/h9-13,17H,6-8H2,1-5H3. The predicted octanol–water partition coefficient (Wildman–Crippen LogP) is 5.54. The topological polar surface area (TPSA) is 35.6 Å². The molecule has 0 spiro atoms. The van der Waals surface area contributed by atoms with E-state index in [-0.39, 0.29) is 11.7 Å². The quantitative estimate of drug-likeness (QED) is 0.457. The largest absolute Gasteiger partial charge is 0.330 e. The van der Waals surface area contributed by atoms with Crippen molar-refractivity contribution in [3.63, 3.8) is 0 Å². The molecule has 2 aromatic heterocycles. The average Bonchev–Trinajstić information content (AvgIpc) is 3.15. The van der Waals surface area contributed by atoms with Crippen LogP contribution in [-0.4, -0.2) is 19.1 Å². The Morgan fingerprint density at radius 1 is 0.893 bits per heavy atom. The van der Waals surface area contributed by atoms with E-state index in [0.29, 0.717) is 0 Å². The van der Waals surface area contributed by atoms with Crippen LogP contribution in [0, 0.1) is 19.7 Å². The molecule has 0 radical (unpaired) electrons. The van der Waals surface area contributed by atoms with E-state index in [1.54, 1.807) is 12.1 Å². The molecule has 0 bridgehead atoms. The van der Waals surface area contributed by atoms with Gasteiger partial charge in [-0.3, -0.25) is 0 Å². The predicted molar refractivity (Wildman–Crippen MR) is 112 cm³/mol. The summed E-state index contributed by atoms with van der Waals surface area (Å²) in [7, 11) is 4.06. The summed E-state index contributed by atoms with van der Waals surface area (Å²) in [5.74, 6) is 1.80. The summed E-state index contributed by atoms with van der Waals surface area (Å²) in [6, 6.07) is 9.16. The molecule has 28 heavy (non-hydrogen) atoms. The lowest BCUT2D eigenvalue weighted by molar-refractivity contribution is 0.568. The van der Waals surface area contributed by atoms with Gasteiger partial charge < -0.3 is 9.13 Å².